The van der Waals surface area contributed by atoms with E-state index in [4.69, 9.17) is 0 Å². The summed E-state index contributed by atoms with van der Waals surface area (Å²) in [4.78, 5) is 26.3. The number of aromatic nitrogens is 2. The van der Waals surface area contributed by atoms with Crippen LogP contribution < -0.4 is 10.2 Å². The number of carbonyl (C=O) groups is 2. The number of carbonyl (C=O) groups excluding carboxylic acids is 2. The highest BCUT2D eigenvalue weighted by molar-refractivity contribution is 6.22. The zero-order valence-corrected chi connectivity index (χ0v) is 12.0. The van der Waals surface area contributed by atoms with Crippen LogP contribution in [-0.2, 0) is 9.59 Å². The molecule has 6 heteroatoms. The molecule has 1 aliphatic carbocycles. The molecule has 6 nitrogen and oxygen atoms in total. The van der Waals surface area contributed by atoms with Crippen molar-refractivity contribution in [2.75, 3.05) is 18.0 Å². The van der Waals surface area contributed by atoms with Gasteiger partial charge in [0.1, 0.15) is 0 Å². The Morgan fingerprint density at radius 1 is 1.05 bits per heavy atom. The molecule has 0 aromatic carbocycles. The van der Waals surface area contributed by atoms with Gasteiger partial charge in [0.15, 0.2) is 0 Å². The van der Waals surface area contributed by atoms with E-state index in [1.54, 1.807) is 6.20 Å². The molecule has 0 spiro atoms. The molecule has 0 radical (unpaired) electrons. The zero-order valence-electron chi connectivity index (χ0n) is 12.0. The van der Waals surface area contributed by atoms with Crippen molar-refractivity contribution in [1.82, 2.24) is 15.1 Å². The lowest BCUT2D eigenvalue weighted by Crippen LogP contribution is -2.31. The number of nitrogens with one attached hydrogen (secondary N) is 1. The minimum absolute atomic E-state index is 0.0210. The third-order valence-corrected chi connectivity index (χ3v) is 5.12. The second kappa shape index (κ2) is 4.94. The molecular weight excluding hydrogens is 268 g/mol. The van der Waals surface area contributed by atoms with Crippen molar-refractivity contribution in [2.45, 2.75) is 38.1 Å². The first-order valence-electron chi connectivity index (χ1n) is 7.88. The fraction of sp³-hybridized carbons (Fsp3) is 0.667. The van der Waals surface area contributed by atoms with E-state index < -0.39 is 0 Å². The Morgan fingerprint density at radius 3 is 2.38 bits per heavy atom. The van der Waals surface area contributed by atoms with Gasteiger partial charge < -0.3 is 5.32 Å². The van der Waals surface area contributed by atoms with Crippen LogP contribution in [0.25, 0.3) is 0 Å². The molecule has 4 rings (SSSR count). The van der Waals surface area contributed by atoms with E-state index in [0.717, 1.165) is 45.2 Å². The number of imide groups is 1. The van der Waals surface area contributed by atoms with Crippen molar-refractivity contribution in [3.63, 3.8) is 0 Å². The number of piperidine rings is 1. The lowest BCUT2D eigenvalue weighted by molar-refractivity contribution is -0.122. The SMILES string of the molecule is O=C1C2CCCC2C(=O)N1c1cnn(C2CCNCC2)c1. The average molecular weight is 288 g/mol. The molecule has 112 valence electrons. The quantitative estimate of drug-likeness (QED) is 0.827. The van der Waals surface area contributed by atoms with Gasteiger partial charge >= 0.3 is 0 Å². The maximum Gasteiger partial charge on any atom is 0.237 e. The van der Waals surface area contributed by atoms with Crippen molar-refractivity contribution in [3.8, 4) is 0 Å². The van der Waals surface area contributed by atoms with Crippen molar-refractivity contribution in [1.29, 1.82) is 0 Å². The fourth-order valence-electron chi connectivity index (χ4n) is 3.96. The van der Waals surface area contributed by atoms with Gasteiger partial charge in [-0.25, -0.2) is 4.90 Å². The summed E-state index contributed by atoms with van der Waals surface area (Å²) in [6.07, 6.45) is 8.31. The molecule has 1 aromatic heterocycles. The first-order chi connectivity index (χ1) is 10.3. The van der Waals surface area contributed by atoms with Gasteiger partial charge in [0.25, 0.3) is 0 Å². The average Bonchev–Trinajstić information content (AvgIpc) is 3.20. The van der Waals surface area contributed by atoms with Crippen LogP contribution in [0.1, 0.15) is 38.1 Å². The first-order valence-corrected chi connectivity index (χ1v) is 7.88. The lowest BCUT2D eigenvalue weighted by atomic mass is 10.00. The Labute approximate surface area is 123 Å². The summed E-state index contributed by atoms with van der Waals surface area (Å²) in [6, 6.07) is 0.368. The second-order valence-electron chi connectivity index (χ2n) is 6.32. The summed E-state index contributed by atoms with van der Waals surface area (Å²) >= 11 is 0. The van der Waals surface area contributed by atoms with E-state index in [0.29, 0.717) is 11.7 Å². The third kappa shape index (κ3) is 2.00. The van der Waals surface area contributed by atoms with Crippen LogP contribution in [0.15, 0.2) is 12.4 Å². The van der Waals surface area contributed by atoms with Crippen LogP contribution in [-0.4, -0.2) is 34.7 Å². The van der Waals surface area contributed by atoms with Crippen molar-refractivity contribution < 1.29 is 9.59 Å². The van der Waals surface area contributed by atoms with E-state index in [-0.39, 0.29) is 23.7 Å². The molecule has 1 aromatic rings. The van der Waals surface area contributed by atoms with Crippen molar-refractivity contribution >= 4 is 17.5 Å². The number of hydrogen-bond donors (Lipinski definition) is 1. The second-order valence-corrected chi connectivity index (χ2v) is 6.32. The predicted molar refractivity (Wildman–Crippen MR) is 76.7 cm³/mol. The molecule has 21 heavy (non-hydrogen) atoms. The van der Waals surface area contributed by atoms with E-state index in [2.05, 4.69) is 10.4 Å². The molecule has 2 unspecified atom stereocenters. The topological polar surface area (TPSA) is 67.2 Å². The minimum Gasteiger partial charge on any atom is -0.317 e. The van der Waals surface area contributed by atoms with Crippen molar-refractivity contribution in [2.24, 2.45) is 11.8 Å². The van der Waals surface area contributed by atoms with Gasteiger partial charge in [-0.1, -0.05) is 6.42 Å². The fourth-order valence-corrected chi connectivity index (χ4v) is 3.96. The molecule has 2 saturated heterocycles. The predicted octanol–water partition coefficient (Wildman–Crippen LogP) is 1.10. The Balaban J connectivity index is 1.58. The number of hydrogen-bond acceptors (Lipinski definition) is 4. The third-order valence-electron chi connectivity index (χ3n) is 5.12. The molecular formula is C15H20N4O2. The molecule has 3 fully saturated rings. The summed E-state index contributed by atoms with van der Waals surface area (Å²) < 4.78 is 1.92. The maximum atomic E-state index is 12.4. The molecule has 0 bridgehead atoms. The van der Waals surface area contributed by atoms with Gasteiger partial charge in [0, 0.05) is 6.20 Å². The molecule has 1 N–H and O–H groups in total. The van der Waals surface area contributed by atoms with Gasteiger partial charge in [0.2, 0.25) is 11.8 Å². The van der Waals surface area contributed by atoms with Crippen LogP contribution in [0.4, 0.5) is 5.69 Å². The lowest BCUT2D eigenvalue weighted by Gasteiger charge is -2.22. The van der Waals surface area contributed by atoms with Crippen LogP contribution in [0.3, 0.4) is 0 Å². The molecule has 1 saturated carbocycles. The number of anilines is 1. The summed E-state index contributed by atoms with van der Waals surface area (Å²) in [7, 11) is 0. The van der Waals surface area contributed by atoms with E-state index in [9.17, 15) is 9.59 Å². The maximum absolute atomic E-state index is 12.4. The standard InChI is InChI=1S/C15H20N4O2/c20-14-12-2-1-3-13(12)15(21)19(14)11-8-17-18(9-11)10-4-6-16-7-5-10/h8-10,12-13,16H,1-7H2. The van der Waals surface area contributed by atoms with Crippen molar-refractivity contribution in [3.05, 3.63) is 12.4 Å². The molecule has 2 atom stereocenters. The monoisotopic (exact) mass is 288 g/mol. The number of rotatable bonds is 2. The van der Waals surface area contributed by atoms with E-state index in [1.165, 1.54) is 4.90 Å². The molecule has 2 aliphatic heterocycles. The van der Waals surface area contributed by atoms with Gasteiger partial charge in [-0.15, -0.1) is 0 Å². The van der Waals surface area contributed by atoms with Crippen LogP contribution in [0.5, 0.6) is 0 Å². The van der Waals surface area contributed by atoms with Gasteiger partial charge in [-0.05, 0) is 38.8 Å². The Kier molecular flexibility index (Phi) is 3.06. The zero-order chi connectivity index (χ0) is 14.4. The number of amides is 2. The summed E-state index contributed by atoms with van der Waals surface area (Å²) in [5, 5.41) is 7.72. The smallest absolute Gasteiger partial charge is 0.237 e. The highest BCUT2D eigenvalue weighted by Gasteiger charge is 2.50. The largest absolute Gasteiger partial charge is 0.317 e. The van der Waals surface area contributed by atoms with Gasteiger partial charge in [-0.3, -0.25) is 14.3 Å². The first kappa shape index (κ1) is 13.0. The van der Waals surface area contributed by atoms with Gasteiger partial charge in [0.05, 0.1) is 29.8 Å². The summed E-state index contributed by atoms with van der Waals surface area (Å²) in [5.41, 5.74) is 0.651. The normalized spacial score (nSPS) is 30.2. The number of fused-ring (bicyclic) bond motifs is 1. The summed E-state index contributed by atoms with van der Waals surface area (Å²) in [6.45, 7) is 1.98. The highest BCUT2D eigenvalue weighted by atomic mass is 16.2. The van der Waals surface area contributed by atoms with Crippen LogP contribution >= 0.6 is 0 Å². The highest BCUT2D eigenvalue weighted by Crippen LogP contribution is 2.41. The van der Waals surface area contributed by atoms with E-state index >= 15 is 0 Å². The molecule has 2 amide bonds. The van der Waals surface area contributed by atoms with Crippen LogP contribution in [0, 0.1) is 11.8 Å². The molecule has 3 heterocycles. The van der Waals surface area contributed by atoms with Crippen LogP contribution in [0.2, 0.25) is 0 Å². The van der Waals surface area contributed by atoms with Gasteiger partial charge in [-0.2, -0.15) is 5.10 Å². The molecule has 3 aliphatic rings. The van der Waals surface area contributed by atoms with E-state index in [1.807, 2.05) is 10.9 Å². The minimum atomic E-state index is -0.0836. The Morgan fingerprint density at radius 2 is 1.71 bits per heavy atom. The Bertz CT molecular complexity index is 554. The number of nitrogens with zero attached hydrogens (tertiary/aromatic N) is 3. The summed E-state index contributed by atoms with van der Waals surface area (Å²) in [5.74, 6) is -0.209. The Hall–Kier alpha value is -1.69.